The number of carbonyl (C=O) groups excluding carboxylic acids is 1. The van der Waals surface area contributed by atoms with E-state index in [1.165, 1.54) is 18.9 Å². The Kier molecular flexibility index (Phi) is 3.85. The van der Waals surface area contributed by atoms with Crippen molar-refractivity contribution in [2.45, 2.75) is 25.3 Å². The molecule has 3 aliphatic heterocycles. The highest BCUT2D eigenvalue weighted by Crippen LogP contribution is 2.28. The summed E-state index contributed by atoms with van der Waals surface area (Å²) in [6.07, 6.45) is 2.52. The largest absolute Gasteiger partial charge is 0.508 e. The fourth-order valence-corrected chi connectivity index (χ4v) is 3.45. The molecule has 0 aliphatic carbocycles. The lowest BCUT2D eigenvalue weighted by Crippen LogP contribution is -2.57. The van der Waals surface area contributed by atoms with Crippen LogP contribution in [0.25, 0.3) is 0 Å². The van der Waals surface area contributed by atoms with Gasteiger partial charge in [-0.1, -0.05) is 11.6 Å². The summed E-state index contributed by atoms with van der Waals surface area (Å²) in [5.74, 6) is 0.691. The number of nitrogens with zero attached hydrogens (tertiary/aromatic N) is 1. The van der Waals surface area contributed by atoms with Gasteiger partial charge in [-0.3, -0.25) is 4.79 Å². The van der Waals surface area contributed by atoms with Crippen LogP contribution in [-0.4, -0.2) is 41.6 Å². The predicted molar refractivity (Wildman–Crippen MR) is 77.9 cm³/mol. The molecule has 5 heteroatoms. The van der Waals surface area contributed by atoms with Crippen molar-refractivity contribution in [2.24, 2.45) is 5.92 Å². The number of fused-ring (bicyclic) bond motifs is 3. The van der Waals surface area contributed by atoms with Crippen molar-refractivity contribution in [3.8, 4) is 5.75 Å². The molecule has 4 rings (SSSR count). The quantitative estimate of drug-likeness (QED) is 0.894. The van der Waals surface area contributed by atoms with Gasteiger partial charge in [0.15, 0.2) is 0 Å². The number of halogens is 1. The third kappa shape index (κ3) is 2.91. The summed E-state index contributed by atoms with van der Waals surface area (Å²) in [6, 6.07) is 5.05. The van der Waals surface area contributed by atoms with Crippen LogP contribution in [0.2, 0.25) is 5.02 Å². The monoisotopic (exact) mass is 294 g/mol. The lowest BCUT2D eigenvalue weighted by atomic mass is 9.84. The van der Waals surface area contributed by atoms with Crippen molar-refractivity contribution >= 4 is 17.5 Å². The molecule has 108 valence electrons. The van der Waals surface area contributed by atoms with Gasteiger partial charge in [-0.2, -0.15) is 0 Å². The maximum Gasteiger partial charge on any atom is 0.224 e. The summed E-state index contributed by atoms with van der Waals surface area (Å²) in [5.41, 5.74) is 0.580. The van der Waals surface area contributed by atoms with Crippen LogP contribution < -0.4 is 5.32 Å². The van der Waals surface area contributed by atoms with Gasteiger partial charge in [0.2, 0.25) is 5.91 Å². The summed E-state index contributed by atoms with van der Waals surface area (Å²) < 4.78 is 0. The fraction of sp³-hybridized carbons (Fsp3) is 0.533. The Balaban J connectivity index is 1.61. The Morgan fingerprint density at radius 2 is 2.15 bits per heavy atom. The van der Waals surface area contributed by atoms with E-state index >= 15 is 0 Å². The molecular weight excluding hydrogens is 276 g/mol. The Hall–Kier alpha value is -1.26. The molecule has 0 saturated carbocycles. The van der Waals surface area contributed by atoms with E-state index in [-0.39, 0.29) is 24.1 Å². The predicted octanol–water partition coefficient (Wildman–Crippen LogP) is 1.80. The van der Waals surface area contributed by atoms with Gasteiger partial charge < -0.3 is 15.3 Å². The molecule has 0 aromatic heterocycles. The molecule has 1 atom stereocenters. The first-order chi connectivity index (χ1) is 9.61. The third-order valence-electron chi connectivity index (χ3n) is 4.40. The highest BCUT2D eigenvalue weighted by atomic mass is 35.5. The highest BCUT2D eigenvalue weighted by Gasteiger charge is 2.34. The third-order valence-corrected chi connectivity index (χ3v) is 4.63. The van der Waals surface area contributed by atoms with Gasteiger partial charge in [-0.05, 0) is 50.0 Å². The molecular formula is C15H19ClN2O2. The number of aromatic hydroxyl groups is 1. The molecule has 3 fully saturated rings. The molecule has 0 spiro atoms. The van der Waals surface area contributed by atoms with Crippen molar-refractivity contribution in [2.75, 3.05) is 19.6 Å². The maximum absolute atomic E-state index is 12.1. The van der Waals surface area contributed by atoms with Gasteiger partial charge in [0, 0.05) is 23.2 Å². The van der Waals surface area contributed by atoms with Gasteiger partial charge in [-0.25, -0.2) is 0 Å². The number of rotatable bonds is 3. The molecule has 3 saturated heterocycles. The van der Waals surface area contributed by atoms with Crippen LogP contribution in [0.15, 0.2) is 18.2 Å². The van der Waals surface area contributed by atoms with E-state index in [0.717, 1.165) is 19.6 Å². The Morgan fingerprint density at radius 1 is 1.40 bits per heavy atom. The number of benzene rings is 1. The van der Waals surface area contributed by atoms with Gasteiger partial charge in [-0.15, -0.1) is 0 Å². The maximum atomic E-state index is 12.1. The van der Waals surface area contributed by atoms with Crippen LogP contribution in [0.4, 0.5) is 0 Å². The van der Waals surface area contributed by atoms with E-state index in [2.05, 4.69) is 10.2 Å². The molecule has 4 nitrogen and oxygen atoms in total. The summed E-state index contributed by atoms with van der Waals surface area (Å²) >= 11 is 5.89. The minimum atomic E-state index is -0.0404. The van der Waals surface area contributed by atoms with E-state index in [0.29, 0.717) is 16.5 Å². The van der Waals surface area contributed by atoms with Crippen LogP contribution in [0.5, 0.6) is 5.75 Å². The zero-order valence-electron chi connectivity index (χ0n) is 11.3. The second-order valence-corrected chi connectivity index (χ2v) is 6.20. The van der Waals surface area contributed by atoms with Crippen molar-refractivity contribution < 1.29 is 9.90 Å². The van der Waals surface area contributed by atoms with E-state index in [4.69, 9.17) is 11.6 Å². The zero-order chi connectivity index (χ0) is 14.1. The van der Waals surface area contributed by atoms with Crippen molar-refractivity contribution in [1.82, 2.24) is 10.2 Å². The minimum Gasteiger partial charge on any atom is -0.508 e. The summed E-state index contributed by atoms with van der Waals surface area (Å²) in [5, 5.41) is 13.4. The lowest BCUT2D eigenvalue weighted by molar-refractivity contribution is -0.122. The first-order valence-electron chi connectivity index (χ1n) is 7.11. The molecule has 20 heavy (non-hydrogen) atoms. The van der Waals surface area contributed by atoms with Crippen LogP contribution in [0, 0.1) is 5.92 Å². The van der Waals surface area contributed by atoms with Crippen LogP contribution in [0.3, 0.4) is 0 Å². The Bertz CT molecular complexity index is 513. The molecule has 1 amide bonds. The second kappa shape index (κ2) is 5.62. The van der Waals surface area contributed by atoms with Crippen molar-refractivity contribution in [1.29, 1.82) is 0 Å². The second-order valence-electron chi connectivity index (χ2n) is 5.76. The Morgan fingerprint density at radius 3 is 2.80 bits per heavy atom. The van der Waals surface area contributed by atoms with Crippen molar-refractivity contribution in [3.05, 3.63) is 28.8 Å². The van der Waals surface area contributed by atoms with E-state index in [1.54, 1.807) is 12.1 Å². The highest BCUT2D eigenvalue weighted by molar-refractivity contribution is 6.30. The number of phenolic OH excluding ortho intramolecular Hbond substituents is 1. The van der Waals surface area contributed by atoms with Crippen molar-refractivity contribution in [3.63, 3.8) is 0 Å². The van der Waals surface area contributed by atoms with Crippen LogP contribution in [0.1, 0.15) is 18.4 Å². The summed E-state index contributed by atoms with van der Waals surface area (Å²) in [7, 11) is 0. The minimum absolute atomic E-state index is 0.0404. The molecule has 0 radical (unpaired) electrons. The molecule has 3 aliphatic rings. The first-order valence-corrected chi connectivity index (χ1v) is 7.49. The fourth-order valence-electron chi connectivity index (χ4n) is 3.26. The van der Waals surface area contributed by atoms with Gasteiger partial charge in [0.25, 0.3) is 0 Å². The Labute approximate surface area is 123 Å². The van der Waals surface area contributed by atoms with E-state index < -0.39 is 0 Å². The average Bonchev–Trinajstić information content (AvgIpc) is 2.44. The molecule has 2 N–H and O–H groups in total. The molecule has 2 bridgehead atoms. The molecule has 1 aromatic carbocycles. The lowest BCUT2D eigenvalue weighted by Gasteiger charge is -2.44. The zero-order valence-corrected chi connectivity index (χ0v) is 12.1. The summed E-state index contributed by atoms with van der Waals surface area (Å²) in [6.45, 7) is 3.27. The van der Waals surface area contributed by atoms with Gasteiger partial charge in [0.1, 0.15) is 5.75 Å². The van der Waals surface area contributed by atoms with Gasteiger partial charge in [0.05, 0.1) is 6.42 Å². The van der Waals surface area contributed by atoms with Crippen LogP contribution in [-0.2, 0) is 11.2 Å². The normalized spacial score (nSPS) is 28.4. The number of nitrogens with one attached hydrogen (secondary N) is 1. The number of hydrogen-bond donors (Lipinski definition) is 2. The van der Waals surface area contributed by atoms with Gasteiger partial charge >= 0.3 is 0 Å². The number of piperidine rings is 3. The van der Waals surface area contributed by atoms with Crippen LogP contribution >= 0.6 is 11.6 Å². The van der Waals surface area contributed by atoms with E-state index in [1.807, 2.05) is 0 Å². The standard InChI is InChI=1S/C15H19ClN2O2/c16-12-1-2-14(19)11(7-12)8-15(20)17-13-9-18-5-3-10(13)4-6-18/h1-2,7,10,13,19H,3-6,8-9H2,(H,17,20)/t13-/m1/s1. The smallest absolute Gasteiger partial charge is 0.224 e. The first kappa shape index (κ1) is 13.7. The molecule has 0 unspecified atom stereocenters. The topological polar surface area (TPSA) is 52.6 Å². The number of hydrogen-bond acceptors (Lipinski definition) is 3. The SMILES string of the molecule is O=C(Cc1cc(Cl)ccc1O)N[C@@H]1CN2CCC1CC2. The molecule has 1 aromatic rings. The number of carbonyl (C=O) groups is 1. The average molecular weight is 295 g/mol. The summed E-state index contributed by atoms with van der Waals surface area (Å²) in [4.78, 5) is 14.5. The van der Waals surface area contributed by atoms with E-state index in [9.17, 15) is 9.90 Å². The number of amides is 1. The molecule has 3 heterocycles. The number of phenols is 1.